The molecule has 214 valence electrons. The Bertz CT molecular complexity index is 1050. The normalized spacial score (nSPS) is 22.8. The number of rotatable bonds is 9. The molecule has 4 atom stereocenters. The maximum atomic E-state index is 13.8. The summed E-state index contributed by atoms with van der Waals surface area (Å²) in [6, 6.07) is 5.00. The molecule has 1 aromatic carbocycles. The zero-order valence-electron chi connectivity index (χ0n) is 23.7. The summed E-state index contributed by atoms with van der Waals surface area (Å²) in [4.78, 5) is 58.5. The Hall–Kier alpha value is -2.98. The van der Waals surface area contributed by atoms with Gasteiger partial charge in [0.05, 0.1) is 18.6 Å². The number of carbonyl (C=O) groups excluding carboxylic acids is 4. The van der Waals surface area contributed by atoms with E-state index in [1.165, 1.54) is 0 Å². The van der Waals surface area contributed by atoms with Crippen molar-refractivity contribution in [1.82, 2.24) is 20.4 Å². The van der Waals surface area contributed by atoms with E-state index in [0.29, 0.717) is 31.4 Å². The number of amides is 3. The fourth-order valence-electron chi connectivity index (χ4n) is 6.06. The summed E-state index contributed by atoms with van der Waals surface area (Å²) in [7, 11) is 0. The Kier molecular flexibility index (Phi) is 9.27. The van der Waals surface area contributed by atoms with Gasteiger partial charge in [0.1, 0.15) is 12.1 Å². The third-order valence-corrected chi connectivity index (χ3v) is 7.95. The molecule has 0 bridgehead atoms. The van der Waals surface area contributed by atoms with Crippen LogP contribution >= 0.6 is 0 Å². The van der Waals surface area contributed by atoms with Crippen LogP contribution in [-0.2, 0) is 14.4 Å². The first-order chi connectivity index (χ1) is 18.6. The van der Waals surface area contributed by atoms with Crippen molar-refractivity contribution < 1.29 is 19.2 Å². The number of carbonyl (C=O) groups is 4. The standard InChI is InChI=1S/C29H44N6O4/c1-18(2)15-22(30)28(38)35-17-25(36)26-24(35)9-12-34(26)29(39)23(16-19(3)4)32-27(37)20-5-7-21(8-6-20)33-13-10-31-11-14-33/h5-8,18-19,22-24,26,31H,9-17,30H2,1-4H3,(H,32,37). The van der Waals surface area contributed by atoms with Crippen molar-refractivity contribution in [3.05, 3.63) is 29.8 Å². The van der Waals surface area contributed by atoms with Crippen molar-refractivity contribution in [2.75, 3.05) is 44.2 Å². The van der Waals surface area contributed by atoms with E-state index in [1.54, 1.807) is 21.9 Å². The lowest BCUT2D eigenvalue weighted by atomic mass is 10.0. The molecule has 0 aromatic heterocycles. The fraction of sp³-hybridized carbons (Fsp3) is 0.655. The van der Waals surface area contributed by atoms with Gasteiger partial charge in [0.15, 0.2) is 5.78 Å². The molecule has 4 unspecified atom stereocenters. The number of likely N-dealkylation sites (tertiary alicyclic amines) is 2. The summed E-state index contributed by atoms with van der Waals surface area (Å²) in [5.74, 6) is -0.538. The lowest BCUT2D eigenvalue weighted by Crippen LogP contribution is -2.53. The van der Waals surface area contributed by atoms with Crippen molar-refractivity contribution in [2.24, 2.45) is 17.6 Å². The number of nitrogens with one attached hydrogen (secondary N) is 2. The summed E-state index contributed by atoms with van der Waals surface area (Å²) in [5, 5.41) is 6.28. The van der Waals surface area contributed by atoms with Crippen LogP contribution in [0, 0.1) is 11.8 Å². The number of fused-ring (bicyclic) bond motifs is 1. The van der Waals surface area contributed by atoms with Crippen LogP contribution < -0.4 is 21.3 Å². The van der Waals surface area contributed by atoms with E-state index < -0.39 is 18.1 Å². The third kappa shape index (κ3) is 6.61. The molecule has 1 aromatic rings. The Morgan fingerprint density at radius 2 is 1.59 bits per heavy atom. The molecule has 3 amide bonds. The van der Waals surface area contributed by atoms with Crippen molar-refractivity contribution >= 4 is 29.2 Å². The first-order valence-electron chi connectivity index (χ1n) is 14.3. The highest BCUT2D eigenvalue weighted by Crippen LogP contribution is 2.31. The third-order valence-electron chi connectivity index (χ3n) is 7.95. The highest BCUT2D eigenvalue weighted by atomic mass is 16.2. The number of nitrogens with two attached hydrogens (primary N) is 1. The van der Waals surface area contributed by atoms with Gasteiger partial charge in [-0.1, -0.05) is 27.7 Å². The molecule has 0 radical (unpaired) electrons. The highest BCUT2D eigenvalue weighted by Gasteiger charge is 2.52. The largest absolute Gasteiger partial charge is 0.369 e. The Balaban J connectivity index is 1.44. The summed E-state index contributed by atoms with van der Waals surface area (Å²) >= 11 is 0. The molecular weight excluding hydrogens is 496 g/mol. The van der Waals surface area contributed by atoms with Crippen LogP contribution in [0.1, 0.15) is 57.3 Å². The maximum Gasteiger partial charge on any atom is 0.251 e. The smallest absolute Gasteiger partial charge is 0.251 e. The SMILES string of the molecule is CC(C)CC(N)C(=O)N1CC(=O)C2C1CCN2C(=O)C(CC(C)C)NC(=O)c1ccc(N2CCNCC2)cc1. The minimum atomic E-state index is -0.759. The highest BCUT2D eigenvalue weighted by molar-refractivity contribution is 6.01. The van der Waals surface area contributed by atoms with Crippen molar-refractivity contribution in [3.63, 3.8) is 0 Å². The van der Waals surface area contributed by atoms with Gasteiger partial charge in [0.25, 0.3) is 5.91 Å². The molecule has 3 aliphatic heterocycles. The zero-order valence-corrected chi connectivity index (χ0v) is 23.7. The Labute approximate surface area is 231 Å². The summed E-state index contributed by atoms with van der Waals surface area (Å²) in [5.41, 5.74) is 7.71. The van der Waals surface area contributed by atoms with E-state index in [0.717, 1.165) is 31.9 Å². The minimum absolute atomic E-state index is 0.0234. The van der Waals surface area contributed by atoms with Crippen LogP contribution in [0.4, 0.5) is 5.69 Å². The number of anilines is 1. The summed E-state index contributed by atoms with van der Waals surface area (Å²) < 4.78 is 0. The van der Waals surface area contributed by atoms with E-state index in [4.69, 9.17) is 5.73 Å². The van der Waals surface area contributed by atoms with E-state index >= 15 is 0 Å². The fourth-order valence-corrected chi connectivity index (χ4v) is 6.06. The van der Waals surface area contributed by atoms with Crippen LogP contribution in [-0.4, -0.2) is 96.7 Å². The molecule has 3 heterocycles. The zero-order chi connectivity index (χ0) is 28.3. The van der Waals surface area contributed by atoms with E-state index in [1.807, 2.05) is 39.8 Å². The molecule has 3 fully saturated rings. The number of Topliss-reactive ketones (excluding diaryl/α,β-unsaturated/α-hetero) is 1. The quantitative estimate of drug-likeness (QED) is 0.426. The molecule has 10 heteroatoms. The molecule has 4 N–H and O–H groups in total. The second-order valence-corrected chi connectivity index (χ2v) is 11.9. The minimum Gasteiger partial charge on any atom is -0.369 e. The van der Waals surface area contributed by atoms with Gasteiger partial charge in [-0.15, -0.1) is 0 Å². The lowest BCUT2D eigenvalue weighted by Gasteiger charge is -2.30. The van der Waals surface area contributed by atoms with Crippen LogP contribution in [0.3, 0.4) is 0 Å². The van der Waals surface area contributed by atoms with E-state index in [2.05, 4.69) is 15.5 Å². The molecule has 0 saturated carbocycles. The van der Waals surface area contributed by atoms with Gasteiger partial charge < -0.3 is 31.1 Å². The summed E-state index contributed by atoms with van der Waals surface area (Å²) in [6.45, 7) is 12.0. The number of ketones is 1. The molecule has 3 aliphatic rings. The van der Waals surface area contributed by atoms with Crippen molar-refractivity contribution in [3.8, 4) is 0 Å². The molecule has 0 spiro atoms. The molecule has 10 nitrogen and oxygen atoms in total. The number of hydrogen-bond donors (Lipinski definition) is 3. The van der Waals surface area contributed by atoms with Crippen molar-refractivity contribution in [1.29, 1.82) is 0 Å². The van der Waals surface area contributed by atoms with Crippen LogP contribution in [0.5, 0.6) is 0 Å². The number of nitrogens with zero attached hydrogens (tertiary/aromatic N) is 3. The Morgan fingerprint density at radius 1 is 0.949 bits per heavy atom. The van der Waals surface area contributed by atoms with Gasteiger partial charge in [-0.3, -0.25) is 19.2 Å². The van der Waals surface area contributed by atoms with Gasteiger partial charge in [-0.2, -0.15) is 0 Å². The predicted molar refractivity (Wildman–Crippen MR) is 150 cm³/mol. The molecular formula is C29H44N6O4. The maximum absolute atomic E-state index is 13.8. The van der Waals surface area contributed by atoms with Crippen LogP contribution in [0.15, 0.2) is 24.3 Å². The van der Waals surface area contributed by atoms with Crippen LogP contribution in [0.2, 0.25) is 0 Å². The monoisotopic (exact) mass is 540 g/mol. The van der Waals surface area contributed by atoms with Gasteiger partial charge in [0, 0.05) is 44.0 Å². The second kappa shape index (κ2) is 12.5. The average molecular weight is 541 g/mol. The van der Waals surface area contributed by atoms with Gasteiger partial charge in [0.2, 0.25) is 11.8 Å². The molecule has 0 aliphatic carbocycles. The van der Waals surface area contributed by atoms with E-state index in [-0.39, 0.29) is 47.9 Å². The topological polar surface area (TPSA) is 128 Å². The van der Waals surface area contributed by atoms with Gasteiger partial charge in [-0.05, 0) is 55.4 Å². The Morgan fingerprint density at radius 3 is 2.21 bits per heavy atom. The van der Waals surface area contributed by atoms with Gasteiger partial charge in [-0.25, -0.2) is 0 Å². The summed E-state index contributed by atoms with van der Waals surface area (Å²) in [6.07, 6.45) is 1.52. The predicted octanol–water partition coefficient (Wildman–Crippen LogP) is 0.995. The molecule has 39 heavy (non-hydrogen) atoms. The first-order valence-corrected chi connectivity index (χ1v) is 14.3. The lowest BCUT2D eigenvalue weighted by molar-refractivity contribution is -0.138. The molecule has 4 rings (SSSR count). The average Bonchev–Trinajstić information content (AvgIpc) is 3.48. The molecule has 3 saturated heterocycles. The first kappa shape index (κ1) is 29.0. The van der Waals surface area contributed by atoms with Gasteiger partial charge >= 0.3 is 0 Å². The van der Waals surface area contributed by atoms with Crippen LogP contribution in [0.25, 0.3) is 0 Å². The number of benzene rings is 1. The van der Waals surface area contributed by atoms with Crippen molar-refractivity contribution in [2.45, 2.75) is 71.1 Å². The second-order valence-electron chi connectivity index (χ2n) is 11.9. The number of hydrogen-bond acceptors (Lipinski definition) is 7. The number of piperazine rings is 1. The van der Waals surface area contributed by atoms with E-state index in [9.17, 15) is 19.2 Å².